The van der Waals surface area contributed by atoms with E-state index in [2.05, 4.69) is 41.2 Å². The molecular weight excluding hydrogens is 483 g/mol. The Hall–Kier alpha value is -3.91. The van der Waals surface area contributed by atoms with Crippen LogP contribution in [-0.4, -0.2) is 38.8 Å². The maximum atomic E-state index is 13.4. The number of carbonyl (C=O) groups is 1. The molecule has 14 heteroatoms. The first-order valence-corrected chi connectivity index (χ1v) is 9.10. The molecule has 0 aliphatic heterocycles. The van der Waals surface area contributed by atoms with E-state index in [4.69, 9.17) is 4.74 Å². The SMILES string of the molecule is O=C(COc1cccc([N+](=O)[O-])c1)Nc1nonc1C(=Nc1ccc(F)c(Br)c1)NO. The Morgan fingerprint density at radius 3 is 2.84 bits per heavy atom. The van der Waals surface area contributed by atoms with Crippen molar-refractivity contribution in [2.45, 2.75) is 0 Å². The van der Waals surface area contributed by atoms with Crippen molar-refractivity contribution in [1.29, 1.82) is 0 Å². The molecule has 3 rings (SSSR count). The number of nitrogens with zero attached hydrogens (tertiary/aromatic N) is 4. The Bertz CT molecular complexity index is 1150. The van der Waals surface area contributed by atoms with E-state index in [1.165, 1.54) is 30.3 Å². The molecule has 0 bridgehead atoms. The number of non-ortho nitro benzene ring substituents is 1. The van der Waals surface area contributed by atoms with Crippen molar-refractivity contribution in [1.82, 2.24) is 15.8 Å². The Balaban J connectivity index is 1.71. The summed E-state index contributed by atoms with van der Waals surface area (Å²) in [5, 5.41) is 29.6. The molecule has 0 radical (unpaired) electrons. The smallest absolute Gasteiger partial charge is 0.273 e. The third kappa shape index (κ3) is 5.58. The molecule has 0 fully saturated rings. The number of amides is 1. The number of nitro groups is 1. The maximum Gasteiger partial charge on any atom is 0.273 e. The average molecular weight is 495 g/mol. The third-order valence-corrected chi connectivity index (χ3v) is 4.23. The van der Waals surface area contributed by atoms with Gasteiger partial charge in [0.2, 0.25) is 5.82 Å². The van der Waals surface area contributed by atoms with Gasteiger partial charge in [-0.1, -0.05) is 6.07 Å². The van der Waals surface area contributed by atoms with E-state index >= 15 is 0 Å². The number of aromatic nitrogens is 2. The molecule has 31 heavy (non-hydrogen) atoms. The number of anilines is 1. The van der Waals surface area contributed by atoms with E-state index in [-0.39, 0.29) is 38.9 Å². The van der Waals surface area contributed by atoms with E-state index in [9.17, 15) is 24.5 Å². The van der Waals surface area contributed by atoms with Gasteiger partial charge in [0.25, 0.3) is 11.6 Å². The molecule has 1 aromatic heterocycles. The van der Waals surface area contributed by atoms with Crippen molar-refractivity contribution in [2.75, 3.05) is 11.9 Å². The van der Waals surface area contributed by atoms with Crippen LogP contribution in [0, 0.1) is 15.9 Å². The lowest BCUT2D eigenvalue weighted by molar-refractivity contribution is -0.384. The van der Waals surface area contributed by atoms with Crippen LogP contribution in [0.5, 0.6) is 5.75 Å². The van der Waals surface area contributed by atoms with Gasteiger partial charge in [-0.3, -0.25) is 25.6 Å². The quantitative estimate of drug-likeness (QED) is 0.193. The molecule has 0 spiro atoms. The van der Waals surface area contributed by atoms with Crippen LogP contribution in [0.4, 0.5) is 21.6 Å². The fourth-order valence-corrected chi connectivity index (χ4v) is 2.61. The maximum absolute atomic E-state index is 13.4. The van der Waals surface area contributed by atoms with Crippen LogP contribution < -0.4 is 15.5 Å². The Morgan fingerprint density at radius 1 is 1.32 bits per heavy atom. The van der Waals surface area contributed by atoms with Crippen LogP contribution in [0.2, 0.25) is 0 Å². The molecule has 0 aliphatic rings. The lowest BCUT2D eigenvalue weighted by atomic mass is 10.3. The van der Waals surface area contributed by atoms with Crippen LogP contribution in [0.3, 0.4) is 0 Å². The fraction of sp³-hybridized carbons (Fsp3) is 0.0588. The van der Waals surface area contributed by atoms with Crippen LogP contribution >= 0.6 is 15.9 Å². The first-order valence-electron chi connectivity index (χ1n) is 8.31. The summed E-state index contributed by atoms with van der Waals surface area (Å²) in [6.45, 7) is -0.503. The molecule has 0 unspecified atom stereocenters. The number of hydroxylamine groups is 1. The molecule has 3 aromatic rings. The third-order valence-electron chi connectivity index (χ3n) is 3.62. The second kappa shape index (κ2) is 9.73. The molecule has 0 saturated carbocycles. The summed E-state index contributed by atoms with van der Waals surface area (Å²) in [5.74, 6) is -1.50. The molecule has 0 saturated heterocycles. The van der Waals surface area contributed by atoms with Crippen LogP contribution in [0.1, 0.15) is 5.69 Å². The average Bonchev–Trinajstić information content (AvgIpc) is 3.21. The molecule has 2 aromatic carbocycles. The van der Waals surface area contributed by atoms with E-state index in [0.717, 1.165) is 12.1 Å². The highest BCUT2D eigenvalue weighted by Gasteiger charge is 2.19. The summed E-state index contributed by atoms with van der Waals surface area (Å²) < 4.78 is 23.3. The predicted octanol–water partition coefficient (Wildman–Crippen LogP) is 2.95. The second-order valence-corrected chi connectivity index (χ2v) is 6.58. The molecule has 12 nitrogen and oxygen atoms in total. The predicted molar refractivity (Wildman–Crippen MR) is 107 cm³/mol. The minimum atomic E-state index is -0.690. The van der Waals surface area contributed by atoms with E-state index < -0.39 is 23.3 Å². The molecule has 1 amide bonds. The summed E-state index contributed by atoms with van der Waals surface area (Å²) in [6, 6.07) is 9.16. The second-order valence-electron chi connectivity index (χ2n) is 5.72. The standard InChI is InChI=1S/C17H12BrFN6O6/c18-12-6-9(4-5-13(12)19)20-16(22-27)15-17(24-31-23-15)21-14(26)8-30-11-3-1-2-10(7-11)25(28)29/h1-7,27H,8H2,(H,20,22)(H,21,24,26). The summed E-state index contributed by atoms with van der Waals surface area (Å²) in [6.07, 6.45) is 0. The van der Waals surface area contributed by atoms with Gasteiger partial charge in [-0.25, -0.2) is 14.0 Å². The normalized spacial score (nSPS) is 11.1. The lowest BCUT2D eigenvalue weighted by Crippen LogP contribution is -2.25. The Morgan fingerprint density at radius 2 is 2.13 bits per heavy atom. The number of hydrogen-bond donors (Lipinski definition) is 3. The Kier molecular flexibility index (Phi) is 6.84. The van der Waals surface area contributed by atoms with Crippen LogP contribution in [0.25, 0.3) is 0 Å². The van der Waals surface area contributed by atoms with Gasteiger partial charge in [0.1, 0.15) is 11.6 Å². The van der Waals surface area contributed by atoms with E-state index in [1.807, 2.05) is 5.48 Å². The molecule has 0 aliphatic carbocycles. The number of nitro benzene ring substituents is 1. The summed E-state index contributed by atoms with van der Waals surface area (Å²) in [7, 11) is 0. The number of halogens is 2. The topological polar surface area (TPSA) is 165 Å². The van der Waals surface area contributed by atoms with Crippen molar-refractivity contribution in [3.8, 4) is 5.75 Å². The molecular formula is C17H12BrFN6O6. The molecule has 0 atom stereocenters. The van der Waals surface area contributed by atoms with Gasteiger partial charge in [0.05, 0.1) is 21.1 Å². The Labute approximate surface area is 180 Å². The lowest BCUT2D eigenvalue weighted by Gasteiger charge is -2.07. The van der Waals surface area contributed by atoms with Crippen LogP contribution in [0.15, 0.2) is 56.6 Å². The minimum absolute atomic E-state index is 0.115. The number of hydrogen-bond acceptors (Lipinski definition) is 9. The van der Waals surface area contributed by atoms with Gasteiger partial charge in [0, 0.05) is 6.07 Å². The zero-order valence-electron chi connectivity index (χ0n) is 15.3. The van der Waals surface area contributed by atoms with Gasteiger partial charge in [-0.2, -0.15) is 0 Å². The van der Waals surface area contributed by atoms with Crippen molar-refractivity contribution in [2.24, 2.45) is 4.99 Å². The first kappa shape index (κ1) is 21.8. The highest BCUT2D eigenvalue weighted by atomic mass is 79.9. The molecule has 160 valence electrons. The van der Waals surface area contributed by atoms with E-state index in [0.29, 0.717) is 0 Å². The van der Waals surface area contributed by atoms with Gasteiger partial charge >= 0.3 is 0 Å². The molecule has 3 N–H and O–H groups in total. The largest absolute Gasteiger partial charge is 0.484 e. The van der Waals surface area contributed by atoms with Crippen molar-refractivity contribution < 1.29 is 28.7 Å². The first-order chi connectivity index (χ1) is 14.9. The molecule has 1 heterocycles. The number of nitrogens with one attached hydrogen (secondary N) is 2. The van der Waals surface area contributed by atoms with Gasteiger partial charge in [-0.15, -0.1) is 0 Å². The van der Waals surface area contributed by atoms with Crippen molar-refractivity contribution >= 4 is 44.9 Å². The number of rotatable bonds is 7. The highest BCUT2D eigenvalue weighted by molar-refractivity contribution is 9.10. The monoisotopic (exact) mass is 494 g/mol. The zero-order chi connectivity index (χ0) is 22.4. The van der Waals surface area contributed by atoms with E-state index in [1.54, 1.807) is 0 Å². The summed E-state index contributed by atoms with van der Waals surface area (Å²) in [5.41, 5.74) is 1.72. The van der Waals surface area contributed by atoms with Crippen molar-refractivity contribution in [3.05, 3.63) is 68.6 Å². The number of ether oxygens (including phenoxy) is 1. The number of amidine groups is 1. The number of benzene rings is 2. The zero-order valence-corrected chi connectivity index (χ0v) is 16.9. The minimum Gasteiger partial charge on any atom is -0.484 e. The van der Waals surface area contributed by atoms with Crippen LogP contribution in [-0.2, 0) is 4.79 Å². The summed E-state index contributed by atoms with van der Waals surface area (Å²) >= 11 is 3.02. The summed E-state index contributed by atoms with van der Waals surface area (Å²) in [4.78, 5) is 26.4. The van der Waals surface area contributed by atoms with Crippen molar-refractivity contribution in [3.63, 3.8) is 0 Å². The number of aliphatic imine (C=N–C) groups is 1. The van der Waals surface area contributed by atoms with Gasteiger partial charge in [-0.05, 0) is 50.5 Å². The highest BCUT2D eigenvalue weighted by Crippen LogP contribution is 2.23. The van der Waals surface area contributed by atoms with Gasteiger partial charge < -0.3 is 10.1 Å². The fourth-order valence-electron chi connectivity index (χ4n) is 2.24. The van der Waals surface area contributed by atoms with Gasteiger partial charge in [0.15, 0.2) is 18.1 Å². The number of carbonyl (C=O) groups excluding carboxylic acids is 1.